The summed E-state index contributed by atoms with van der Waals surface area (Å²) in [5.74, 6) is -1.13. The van der Waals surface area contributed by atoms with Crippen LogP contribution in [0.2, 0.25) is 0 Å². The van der Waals surface area contributed by atoms with E-state index in [0.29, 0.717) is 11.4 Å². The Labute approximate surface area is 168 Å². The first-order valence-corrected chi connectivity index (χ1v) is 8.70. The number of alkyl halides is 3. The van der Waals surface area contributed by atoms with Crippen molar-refractivity contribution < 1.29 is 22.4 Å². The van der Waals surface area contributed by atoms with E-state index in [2.05, 4.69) is 15.6 Å². The zero-order chi connectivity index (χ0) is 21.9. The summed E-state index contributed by atoms with van der Waals surface area (Å²) in [5, 5.41) is 5.18. The number of carbonyl (C=O) groups excluding carboxylic acids is 1. The molecule has 1 aromatic heterocycles. The van der Waals surface area contributed by atoms with Crippen LogP contribution >= 0.6 is 0 Å². The average Bonchev–Trinajstić information content (AvgIpc) is 2.66. The minimum Gasteiger partial charge on any atom is -0.326 e. The Morgan fingerprint density at radius 1 is 1.07 bits per heavy atom. The van der Waals surface area contributed by atoms with Gasteiger partial charge in [-0.2, -0.15) is 13.2 Å². The van der Waals surface area contributed by atoms with E-state index in [-0.39, 0.29) is 11.6 Å². The minimum atomic E-state index is -4.55. The number of amides is 1. The summed E-state index contributed by atoms with van der Waals surface area (Å²) in [6.45, 7) is 1.09. The lowest BCUT2D eigenvalue weighted by Gasteiger charge is -2.15. The Hall–Kier alpha value is -3.69. The van der Waals surface area contributed by atoms with Gasteiger partial charge in [0, 0.05) is 23.1 Å². The Morgan fingerprint density at radius 2 is 1.77 bits per heavy atom. The van der Waals surface area contributed by atoms with Crippen molar-refractivity contribution in [3.8, 4) is 0 Å². The molecule has 3 aromatic rings. The van der Waals surface area contributed by atoms with Gasteiger partial charge in [-0.15, -0.1) is 0 Å². The van der Waals surface area contributed by atoms with Crippen molar-refractivity contribution in [2.75, 3.05) is 10.6 Å². The summed E-state index contributed by atoms with van der Waals surface area (Å²) in [7, 11) is 0. The summed E-state index contributed by atoms with van der Waals surface area (Å²) in [5.41, 5.74) is -0.685. The maximum Gasteiger partial charge on any atom is 0.416 e. The van der Waals surface area contributed by atoms with E-state index in [4.69, 9.17) is 0 Å². The van der Waals surface area contributed by atoms with Gasteiger partial charge < -0.3 is 10.6 Å². The van der Waals surface area contributed by atoms with Gasteiger partial charge in [-0.3, -0.25) is 14.2 Å². The summed E-state index contributed by atoms with van der Waals surface area (Å²) < 4.78 is 52.6. The zero-order valence-electron chi connectivity index (χ0n) is 15.6. The summed E-state index contributed by atoms with van der Waals surface area (Å²) in [6.07, 6.45) is -4.55. The minimum absolute atomic E-state index is 0.0331. The number of halogens is 4. The van der Waals surface area contributed by atoms with Crippen molar-refractivity contribution in [1.29, 1.82) is 0 Å². The highest BCUT2D eigenvalue weighted by Gasteiger charge is 2.30. The van der Waals surface area contributed by atoms with E-state index in [1.54, 1.807) is 6.92 Å². The molecule has 30 heavy (non-hydrogen) atoms. The molecule has 0 aliphatic heterocycles. The van der Waals surface area contributed by atoms with Gasteiger partial charge in [-0.25, -0.2) is 9.37 Å². The number of nitrogens with one attached hydrogen (secondary N) is 2. The molecule has 156 valence electrons. The first-order valence-electron chi connectivity index (χ1n) is 8.70. The maximum absolute atomic E-state index is 13.1. The number of hydrogen-bond donors (Lipinski definition) is 2. The van der Waals surface area contributed by atoms with E-state index in [1.165, 1.54) is 42.5 Å². The number of anilines is 3. The zero-order valence-corrected chi connectivity index (χ0v) is 15.6. The number of rotatable bonds is 5. The number of hydrogen-bond acceptors (Lipinski definition) is 4. The van der Waals surface area contributed by atoms with E-state index in [9.17, 15) is 27.2 Å². The van der Waals surface area contributed by atoms with Crippen LogP contribution < -0.4 is 16.2 Å². The predicted octanol–water partition coefficient (Wildman–Crippen LogP) is 4.09. The van der Waals surface area contributed by atoms with Crippen molar-refractivity contribution >= 4 is 23.2 Å². The third-order valence-corrected chi connectivity index (χ3v) is 4.01. The summed E-state index contributed by atoms with van der Waals surface area (Å²) >= 11 is 0. The third kappa shape index (κ3) is 5.22. The molecule has 10 heteroatoms. The highest BCUT2D eigenvalue weighted by atomic mass is 19.4. The van der Waals surface area contributed by atoms with Gasteiger partial charge in [-0.1, -0.05) is 6.07 Å². The molecule has 0 radical (unpaired) electrons. The number of nitrogens with zero attached hydrogens (tertiary/aromatic N) is 2. The van der Waals surface area contributed by atoms with Crippen LogP contribution in [0.3, 0.4) is 0 Å². The molecule has 0 aliphatic rings. The number of benzene rings is 2. The topological polar surface area (TPSA) is 76.0 Å². The lowest BCUT2D eigenvalue weighted by atomic mass is 10.2. The number of carbonyl (C=O) groups is 1. The smallest absolute Gasteiger partial charge is 0.326 e. The third-order valence-electron chi connectivity index (χ3n) is 4.01. The lowest BCUT2D eigenvalue weighted by molar-refractivity contribution is -0.137. The normalized spacial score (nSPS) is 11.2. The molecule has 0 fully saturated rings. The Kier molecular flexibility index (Phi) is 5.86. The standard InChI is InChI=1S/C20H16F4N4O2/c1-12-9-18(30)28(19(25-12)27-15-7-5-14(21)6-8-15)11-17(29)26-16-4-2-3-13(10-16)20(22,23)24/h2-10H,11H2,1H3,(H,25,27)(H,26,29). The molecule has 6 nitrogen and oxygen atoms in total. The van der Waals surface area contributed by atoms with Crippen LogP contribution in [0.25, 0.3) is 0 Å². The van der Waals surface area contributed by atoms with Gasteiger partial charge in [-0.05, 0) is 49.4 Å². The Morgan fingerprint density at radius 3 is 2.43 bits per heavy atom. The van der Waals surface area contributed by atoms with Gasteiger partial charge in [0.2, 0.25) is 11.9 Å². The van der Waals surface area contributed by atoms with Crippen LogP contribution in [0.4, 0.5) is 34.9 Å². The lowest BCUT2D eigenvalue weighted by Crippen LogP contribution is -2.30. The maximum atomic E-state index is 13.1. The molecule has 0 saturated carbocycles. The molecular formula is C20H16F4N4O2. The van der Waals surface area contributed by atoms with Crippen LogP contribution in [0.1, 0.15) is 11.3 Å². The van der Waals surface area contributed by atoms with Crippen molar-refractivity contribution in [1.82, 2.24) is 9.55 Å². The van der Waals surface area contributed by atoms with Crippen molar-refractivity contribution in [2.45, 2.75) is 19.6 Å². The van der Waals surface area contributed by atoms with Crippen molar-refractivity contribution in [3.05, 3.63) is 82.0 Å². The first kappa shape index (κ1) is 21.0. The van der Waals surface area contributed by atoms with E-state index in [0.717, 1.165) is 16.7 Å². The van der Waals surface area contributed by atoms with Gasteiger partial charge in [0.15, 0.2) is 0 Å². The van der Waals surface area contributed by atoms with Crippen molar-refractivity contribution in [2.24, 2.45) is 0 Å². The number of aryl methyl sites for hydroxylation is 1. The average molecular weight is 420 g/mol. The second-order valence-corrected chi connectivity index (χ2v) is 6.40. The van der Waals surface area contributed by atoms with Gasteiger partial charge in [0.05, 0.1) is 5.56 Å². The van der Waals surface area contributed by atoms with E-state index < -0.39 is 35.6 Å². The SMILES string of the molecule is Cc1cc(=O)n(CC(=O)Nc2cccc(C(F)(F)F)c2)c(Nc2ccc(F)cc2)n1. The molecule has 1 heterocycles. The summed E-state index contributed by atoms with van der Waals surface area (Å²) in [6, 6.07) is 10.6. The van der Waals surface area contributed by atoms with Crippen LogP contribution in [0, 0.1) is 12.7 Å². The van der Waals surface area contributed by atoms with Crippen molar-refractivity contribution in [3.63, 3.8) is 0 Å². The van der Waals surface area contributed by atoms with E-state index in [1.807, 2.05) is 0 Å². The van der Waals surface area contributed by atoms with Gasteiger partial charge in [0.1, 0.15) is 12.4 Å². The fourth-order valence-corrected chi connectivity index (χ4v) is 2.65. The molecule has 0 aliphatic carbocycles. The van der Waals surface area contributed by atoms with Gasteiger partial charge in [0.25, 0.3) is 5.56 Å². The Balaban J connectivity index is 1.83. The highest BCUT2D eigenvalue weighted by Crippen LogP contribution is 2.30. The molecule has 2 N–H and O–H groups in total. The summed E-state index contributed by atoms with van der Waals surface area (Å²) in [4.78, 5) is 28.9. The molecule has 0 atom stereocenters. The molecule has 0 saturated heterocycles. The predicted molar refractivity (Wildman–Crippen MR) is 103 cm³/mol. The molecular weight excluding hydrogens is 404 g/mol. The van der Waals surface area contributed by atoms with E-state index >= 15 is 0 Å². The second-order valence-electron chi connectivity index (χ2n) is 6.40. The molecule has 1 amide bonds. The number of aromatic nitrogens is 2. The molecule has 0 bridgehead atoms. The van der Waals surface area contributed by atoms with Crippen LogP contribution in [-0.2, 0) is 17.5 Å². The van der Waals surface area contributed by atoms with Gasteiger partial charge >= 0.3 is 6.18 Å². The first-order chi connectivity index (χ1) is 14.1. The fraction of sp³-hybridized carbons (Fsp3) is 0.150. The highest BCUT2D eigenvalue weighted by molar-refractivity contribution is 5.90. The second kappa shape index (κ2) is 8.36. The molecule has 0 spiro atoms. The molecule has 3 rings (SSSR count). The largest absolute Gasteiger partial charge is 0.416 e. The fourth-order valence-electron chi connectivity index (χ4n) is 2.65. The van der Waals surface area contributed by atoms with Crippen LogP contribution in [0.15, 0.2) is 59.4 Å². The monoisotopic (exact) mass is 420 g/mol. The molecule has 0 unspecified atom stereocenters. The Bertz CT molecular complexity index is 1120. The molecule has 2 aromatic carbocycles. The van der Waals surface area contributed by atoms with Crippen LogP contribution in [-0.4, -0.2) is 15.5 Å². The quantitative estimate of drug-likeness (QED) is 0.610. The van der Waals surface area contributed by atoms with Crippen LogP contribution in [0.5, 0.6) is 0 Å².